The first-order chi connectivity index (χ1) is 8.75. The average molecular weight is 246 g/mol. The molecule has 2 heterocycles. The molecule has 1 N–H and O–H groups in total. The summed E-state index contributed by atoms with van der Waals surface area (Å²) >= 11 is 0. The number of hydrogen-bond donors (Lipinski definition) is 1. The topological polar surface area (TPSA) is 47.3 Å². The molecule has 1 aliphatic rings. The van der Waals surface area contributed by atoms with E-state index in [-0.39, 0.29) is 12.0 Å². The van der Waals surface area contributed by atoms with Gasteiger partial charge in [0, 0.05) is 19.1 Å². The lowest BCUT2D eigenvalue weighted by Gasteiger charge is -2.42. The highest BCUT2D eigenvalue weighted by Gasteiger charge is 2.39. The van der Waals surface area contributed by atoms with Crippen molar-refractivity contribution >= 4 is 11.0 Å². The van der Waals surface area contributed by atoms with Crippen LogP contribution in [0.25, 0.3) is 11.0 Å². The fourth-order valence-electron chi connectivity index (χ4n) is 2.69. The zero-order chi connectivity index (χ0) is 12.6. The van der Waals surface area contributed by atoms with E-state index in [2.05, 4.69) is 23.2 Å². The summed E-state index contributed by atoms with van der Waals surface area (Å²) in [5.74, 6) is 0. The van der Waals surface area contributed by atoms with Crippen LogP contribution < -0.4 is 0 Å². The number of aromatic nitrogens is 2. The number of fused-ring (bicyclic) bond motifs is 1. The zero-order valence-corrected chi connectivity index (χ0v) is 10.6. The summed E-state index contributed by atoms with van der Waals surface area (Å²) in [5, 5.41) is 9.01. The van der Waals surface area contributed by atoms with Gasteiger partial charge in [0.15, 0.2) is 0 Å². The number of imidazole rings is 1. The zero-order valence-electron chi connectivity index (χ0n) is 10.6. The number of ether oxygens (including phenoxy) is 1. The Kier molecular flexibility index (Phi) is 2.84. The molecule has 0 atom stereocenters. The second kappa shape index (κ2) is 4.37. The highest BCUT2D eigenvalue weighted by molar-refractivity contribution is 5.76. The molecular weight excluding hydrogens is 228 g/mol. The Morgan fingerprint density at radius 2 is 2.28 bits per heavy atom. The van der Waals surface area contributed by atoms with Gasteiger partial charge in [-0.3, -0.25) is 0 Å². The molecule has 1 aromatic carbocycles. The maximum atomic E-state index is 9.01. The van der Waals surface area contributed by atoms with Gasteiger partial charge in [-0.1, -0.05) is 6.07 Å². The molecule has 1 aliphatic heterocycles. The molecule has 0 unspecified atom stereocenters. The Hall–Kier alpha value is -1.39. The Morgan fingerprint density at radius 1 is 1.44 bits per heavy atom. The minimum absolute atomic E-state index is 0.0917. The molecular formula is C14H18N2O2. The fourth-order valence-corrected chi connectivity index (χ4v) is 2.69. The van der Waals surface area contributed by atoms with Crippen molar-refractivity contribution in [1.29, 1.82) is 0 Å². The lowest BCUT2D eigenvalue weighted by Crippen LogP contribution is -2.46. The number of rotatable bonds is 4. The van der Waals surface area contributed by atoms with Crippen LogP contribution >= 0.6 is 0 Å². The minimum Gasteiger partial charge on any atom is -0.396 e. The second-order valence-corrected chi connectivity index (χ2v) is 5.16. The summed E-state index contributed by atoms with van der Waals surface area (Å²) in [5.41, 5.74) is 3.56. The quantitative estimate of drug-likeness (QED) is 0.891. The van der Waals surface area contributed by atoms with E-state index in [0.29, 0.717) is 0 Å². The number of hydrogen-bond acceptors (Lipinski definition) is 3. The smallest absolute Gasteiger partial charge is 0.0955 e. The van der Waals surface area contributed by atoms with Gasteiger partial charge >= 0.3 is 0 Å². The number of benzene rings is 1. The molecule has 96 valence electrons. The van der Waals surface area contributed by atoms with Crippen LogP contribution in [0.15, 0.2) is 24.5 Å². The van der Waals surface area contributed by atoms with Gasteiger partial charge in [-0.15, -0.1) is 0 Å². The third-order valence-corrected chi connectivity index (χ3v) is 3.91. The Balaban J connectivity index is 1.97. The average Bonchev–Trinajstić information content (AvgIpc) is 2.70. The highest BCUT2D eigenvalue weighted by Crippen LogP contribution is 2.37. The van der Waals surface area contributed by atoms with Gasteiger partial charge in [-0.2, -0.15) is 0 Å². The highest BCUT2D eigenvalue weighted by atomic mass is 16.5. The van der Waals surface area contributed by atoms with Gasteiger partial charge in [-0.05, 0) is 30.5 Å². The molecule has 1 fully saturated rings. The normalized spacial score (nSPS) is 17.9. The number of aliphatic hydroxyl groups is 1. The molecule has 0 bridgehead atoms. The monoisotopic (exact) mass is 246 g/mol. The maximum absolute atomic E-state index is 9.01. The molecule has 4 heteroatoms. The van der Waals surface area contributed by atoms with Crippen molar-refractivity contribution in [3.05, 3.63) is 30.1 Å². The van der Waals surface area contributed by atoms with Crippen LogP contribution in [0, 0.1) is 0 Å². The van der Waals surface area contributed by atoms with Crippen LogP contribution in [0.3, 0.4) is 0 Å². The van der Waals surface area contributed by atoms with Crippen molar-refractivity contribution in [2.24, 2.45) is 7.05 Å². The van der Waals surface area contributed by atoms with Crippen molar-refractivity contribution in [1.82, 2.24) is 9.55 Å². The molecule has 2 aromatic rings. The maximum Gasteiger partial charge on any atom is 0.0955 e. The van der Waals surface area contributed by atoms with Gasteiger partial charge in [-0.25, -0.2) is 4.98 Å². The van der Waals surface area contributed by atoms with Gasteiger partial charge in [0.05, 0.1) is 30.6 Å². The fraction of sp³-hybridized carbons (Fsp3) is 0.500. The third kappa shape index (κ3) is 1.72. The van der Waals surface area contributed by atoms with E-state index in [4.69, 9.17) is 9.84 Å². The van der Waals surface area contributed by atoms with Crippen molar-refractivity contribution in [2.45, 2.75) is 18.3 Å². The number of aryl methyl sites for hydroxylation is 1. The molecule has 0 saturated carbocycles. The van der Waals surface area contributed by atoms with Crippen molar-refractivity contribution in [2.75, 3.05) is 19.8 Å². The summed E-state index contributed by atoms with van der Waals surface area (Å²) < 4.78 is 7.42. The van der Waals surface area contributed by atoms with Gasteiger partial charge < -0.3 is 14.4 Å². The van der Waals surface area contributed by atoms with Crippen LogP contribution in [0.2, 0.25) is 0 Å². The lowest BCUT2D eigenvalue weighted by atomic mass is 9.75. The van der Waals surface area contributed by atoms with E-state index in [1.807, 2.05) is 17.9 Å². The van der Waals surface area contributed by atoms with Crippen molar-refractivity contribution < 1.29 is 9.84 Å². The Labute approximate surface area is 106 Å². The Morgan fingerprint density at radius 3 is 2.94 bits per heavy atom. The molecule has 18 heavy (non-hydrogen) atoms. The van der Waals surface area contributed by atoms with Crippen LogP contribution in [0.4, 0.5) is 0 Å². The van der Waals surface area contributed by atoms with Crippen LogP contribution in [-0.4, -0.2) is 34.5 Å². The molecule has 1 saturated heterocycles. The molecule has 3 rings (SSSR count). The summed E-state index contributed by atoms with van der Waals surface area (Å²) in [4.78, 5) is 4.40. The molecule has 1 aromatic heterocycles. The van der Waals surface area contributed by atoms with E-state index in [1.165, 1.54) is 5.56 Å². The van der Waals surface area contributed by atoms with E-state index >= 15 is 0 Å². The van der Waals surface area contributed by atoms with Crippen molar-refractivity contribution in [3.63, 3.8) is 0 Å². The van der Waals surface area contributed by atoms with Gasteiger partial charge in [0.2, 0.25) is 0 Å². The summed E-state index contributed by atoms with van der Waals surface area (Å²) in [6.45, 7) is 1.75. The van der Waals surface area contributed by atoms with Crippen molar-refractivity contribution in [3.8, 4) is 0 Å². The lowest BCUT2D eigenvalue weighted by molar-refractivity contribution is -0.0664. The first-order valence-corrected chi connectivity index (χ1v) is 6.35. The standard InChI is InChI=1S/C14H18N2O2/c1-16-10-15-12-7-11(3-4-13(12)16)14(5-2-6-17)8-18-9-14/h3-4,7,10,17H,2,5-6,8-9H2,1H3. The van der Waals surface area contributed by atoms with Crippen LogP contribution in [0.1, 0.15) is 18.4 Å². The van der Waals surface area contributed by atoms with E-state index < -0.39 is 0 Å². The predicted octanol–water partition coefficient (Wildman–Crippen LogP) is 1.61. The Bertz CT molecular complexity index is 558. The minimum atomic E-state index is 0.0917. The summed E-state index contributed by atoms with van der Waals surface area (Å²) in [6, 6.07) is 6.45. The van der Waals surface area contributed by atoms with Gasteiger partial charge in [0.1, 0.15) is 0 Å². The molecule has 0 spiro atoms. The van der Waals surface area contributed by atoms with Crippen LogP contribution in [0.5, 0.6) is 0 Å². The van der Waals surface area contributed by atoms with E-state index in [1.54, 1.807) is 0 Å². The van der Waals surface area contributed by atoms with E-state index in [9.17, 15) is 0 Å². The molecule has 0 aliphatic carbocycles. The largest absolute Gasteiger partial charge is 0.396 e. The van der Waals surface area contributed by atoms with E-state index in [0.717, 1.165) is 37.1 Å². The number of aliphatic hydroxyl groups excluding tert-OH is 1. The first kappa shape index (κ1) is 11.7. The van der Waals surface area contributed by atoms with Crippen LogP contribution in [-0.2, 0) is 17.2 Å². The SMILES string of the molecule is Cn1cnc2cc(C3(CCCO)COC3)ccc21. The summed E-state index contributed by atoms with van der Waals surface area (Å²) in [7, 11) is 2.00. The molecule has 4 nitrogen and oxygen atoms in total. The predicted molar refractivity (Wildman–Crippen MR) is 69.5 cm³/mol. The molecule has 0 amide bonds. The number of nitrogens with zero attached hydrogens (tertiary/aromatic N) is 2. The third-order valence-electron chi connectivity index (χ3n) is 3.91. The first-order valence-electron chi connectivity index (χ1n) is 6.35. The molecule has 0 radical (unpaired) electrons. The van der Waals surface area contributed by atoms with Gasteiger partial charge in [0.25, 0.3) is 0 Å². The summed E-state index contributed by atoms with van der Waals surface area (Å²) in [6.07, 6.45) is 3.64. The second-order valence-electron chi connectivity index (χ2n) is 5.16.